The Morgan fingerprint density at radius 3 is 3.07 bits per heavy atom. The zero-order valence-corrected chi connectivity index (χ0v) is 8.23. The van der Waals surface area contributed by atoms with Crippen LogP contribution in [0.2, 0.25) is 0 Å². The molecule has 1 aromatic rings. The maximum Gasteiger partial charge on any atom is 0.255 e. The van der Waals surface area contributed by atoms with Crippen molar-refractivity contribution in [1.29, 1.82) is 0 Å². The van der Waals surface area contributed by atoms with Gasteiger partial charge in [-0.25, -0.2) is 0 Å². The van der Waals surface area contributed by atoms with E-state index in [1.165, 1.54) is 0 Å². The van der Waals surface area contributed by atoms with Crippen LogP contribution in [0, 0.1) is 0 Å². The molecule has 2 unspecified atom stereocenters. The molecule has 78 valence electrons. The van der Waals surface area contributed by atoms with Crippen LogP contribution in [0.3, 0.4) is 0 Å². The van der Waals surface area contributed by atoms with Gasteiger partial charge in [-0.05, 0) is 26.3 Å². The summed E-state index contributed by atoms with van der Waals surface area (Å²) in [6.07, 6.45) is 1.56. The van der Waals surface area contributed by atoms with Gasteiger partial charge in [-0.3, -0.25) is 0 Å². The number of aliphatic hydroxyl groups is 1. The van der Waals surface area contributed by atoms with Gasteiger partial charge in [0.2, 0.25) is 0 Å². The number of aromatic nitrogens is 2. The predicted molar refractivity (Wildman–Crippen MR) is 49.8 cm³/mol. The second-order valence-electron chi connectivity index (χ2n) is 3.71. The highest BCUT2D eigenvalue weighted by molar-refractivity contribution is 4.98. The topological polar surface area (TPSA) is 71.2 Å². The minimum Gasteiger partial charge on any atom is -0.384 e. The molecule has 0 radical (unpaired) electrons. The summed E-state index contributed by atoms with van der Waals surface area (Å²) in [5.74, 6) is 1.36. The molecule has 0 spiro atoms. The van der Waals surface area contributed by atoms with E-state index in [0.717, 1.165) is 25.9 Å². The molecule has 1 saturated heterocycles. The van der Waals surface area contributed by atoms with E-state index in [4.69, 9.17) is 4.52 Å². The van der Waals surface area contributed by atoms with Crippen molar-refractivity contribution in [3.8, 4) is 0 Å². The fourth-order valence-electron chi connectivity index (χ4n) is 1.65. The molecule has 2 rings (SSSR count). The third kappa shape index (κ3) is 1.93. The van der Waals surface area contributed by atoms with Crippen LogP contribution in [0.1, 0.15) is 43.5 Å². The Hall–Kier alpha value is -0.940. The molecule has 0 aliphatic carbocycles. The van der Waals surface area contributed by atoms with Crippen molar-refractivity contribution in [1.82, 2.24) is 15.5 Å². The van der Waals surface area contributed by atoms with E-state index in [9.17, 15) is 5.11 Å². The maximum absolute atomic E-state index is 9.22. The molecule has 0 bridgehead atoms. The van der Waals surface area contributed by atoms with Crippen molar-refractivity contribution in [2.45, 2.75) is 31.8 Å². The number of nitrogens with zero attached hydrogens (tertiary/aromatic N) is 2. The van der Waals surface area contributed by atoms with E-state index in [1.807, 2.05) is 0 Å². The van der Waals surface area contributed by atoms with Gasteiger partial charge in [0.15, 0.2) is 5.82 Å². The van der Waals surface area contributed by atoms with Crippen LogP contribution in [-0.4, -0.2) is 28.3 Å². The molecule has 5 heteroatoms. The molecular formula is C9H15N3O2. The largest absolute Gasteiger partial charge is 0.384 e. The fraction of sp³-hybridized carbons (Fsp3) is 0.778. The third-order valence-corrected chi connectivity index (χ3v) is 2.48. The van der Waals surface area contributed by atoms with Crippen LogP contribution in [0.25, 0.3) is 0 Å². The van der Waals surface area contributed by atoms with Crippen LogP contribution in [0.4, 0.5) is 0 Å². The Labute approximate surface area is 82.5 Å². The average Bonchev–Trinajstić information content (AvgIpc) is 2.68. The lowest BCUT2D eigenvalue weighted by atomic mass is 9.99. The Bertz CT molecular complexity index is 292. The Morgan fingerprint density at radius 1 is 1.64 bits per heavy atom. The van der Waals surface area contributed by atoms with Gasteiger partial charge in [0.25, 0.3) is 5.89 Å². The first-order valence-electron chi connectivity index (χ1n) is 4.99. The number of aliphatic hydroxyl groups excluding tert-OH is 1. The van der Waals surface area contributed by atoms with Gasteiger partial charge in [0.05, 0.1) is 0 Å². The Morgan fingerprint density at radius 2 is 2.50 bits per heavy atom. The molecule has 1 aliphatic rings. The SMILES string of the molecule is CC(O)c1nc(C2CCCNC2)no1. The van der Waals surface area contributed by atoms with Crippen LogP contribution in [-0.2, 0) is 0 Å². The normalized spacial score (nSPS) is 24.9. The molecule has 2 heterocycles. The third-order valence-electron chi connectivity index (χ3n) is 2.48. The van der Waals surface area contributed by atoms with E-state index >= 15 is 0 Å². The molecule has 1 fully saturated rings. The minimum absolute atomic E-state index is 0.311. The molecule has 0 aromatic carbocycles. The summed E-state index contributed by atoms with van der Waals surface area (Å²) in [5.41, 5.74) is 0. The van der Waals surface area contributed by atoms with Crippen LogP contribution in [0.5, 0.6) is 0 Å². The molecule has 0 amide bonds. The minimum atomic E-state index is -0.673. The number of nitrogens with one attached hydrogen (secondary N) is 1. The zero-order chi connectivity index (χ0) is 9.97. The summed E-state index contributed by atoms with van der Waals surface area (Å²) >= 11 is 0. The molecule has 1 aromatic heterocycles. The molecule has 2 atom stereocenters. The second-order valence-corrected chi connectivity index (χ2v) is 3.71. The lowest BCUT2D eigenvalue weighted by Gasteiger charge is -2.19. The number of piperidine rings is 1. The van der Waals surface area contributed by atoms with Gasteiger partial charge >= 0.3 is 0 Å². The van der Waals surface area contributed by atoms with E-state index in [-0.39, 0.29) is 0 Å². The van der Waals surface area contributed by atoms with Gasteiger partial charge in [0.1, 0.15) is 6.10 Å². The van der Waals surface area contributed by atoms with Gasteiger partial charge in [-0.1, -0.05) is 5.16 Å². The van der Waals surface area contributed by atoms with Crippen LogP contribution >= 0.6 is 0 Å². The maximum atomic E-state index is 9.22. The number of hydrogen-bond donors (Lipinski definition) is 2. The quantitative estimate of drug-likeness (QED) is 0.726. The summed E-state index contributed by atoms with van der Waals surface area (Å²) in [7, 11) is 0. The van der Waals surface area contributed by atoms with Gasteiger partial charge < -0.3 is 14.9 Å². The molecule has 2 N–H and O–H groups in total. The number of rotatable bonds is 2. The van der Waals surface area contributed by atoms with Crippen molar-refractivity contribution in [2.24, 2.45) is 0 Å². The highest BCUT2D eigenvalue weighted by atomic mass is 16.5. The van der Waals surface area contributed by atoms with Crippen molar-refractivity contribution >= 4 is 0 Å². The summed E-state index contributed by atoms with van der Waals surface area (Å²) in [5, 5.41) is 16.4. The molecule has 5 nitrogen and oxygen atoms in total. The van der Waals surface area contributed by atoms with Crippen molar-refractivity contribution in [3.05, 3.63) is 11.7 Å². The zero-order valence-electron chi connectivity index (χ0n) is 8.23. The van der Waals surface area contributed by atoms with E-state index < -0.39 is 6.10 Å². The lowest BCUT2D eigenvalue weighted by Crippen LogP contribution is -2.28. The van der Waals surface area contributed by atoms with Crippen LogP contribution in [0.15, 0.2) is 4.52 Å². The van der Waals surface area contributed by atoms with E-state index in [0.29, 0.717) is 17.6 Å². The summed E-state index contributed by atoms with van der Waals surface area (Å²) in [6.45, 7) is 3.59. The van der Waals surface area contributed by atoms with E-state index in [2.05, 4.69) is 15.5 Å². The van der Waals surface area contributed by atoms with Crippen molar-refractivity contribution < 1.29 is 9.63 Å². The highest BCUT2D eigenvalue weighted by Crippen LogP contribution is 2.21. The first kappa shape index (κ1) is 9.61. The van der Waals surface area contributed by atoms with Crippen molar-refractivity contribution in [3.63, 3.8) is 0 Å². The Balaban J connectivity index is 2.07. The smallest absolute Gasteiger partial charge is 0.255 e. The fourth-order valence-corrected chi connectivity index (χ4v) is 1.65. The predicted octanol–water partition coefficient (Wildman–Crippen LogP) is 0.590. The second kappa shape index (κ2) is 4.06. The lowest BCUT2D eigenvalue weighted by molar-refractivity contribution is 0.151. The number of hydrogen-bond acceptors (Lipinski definition) is 5. The molecule has 1 aliphatic heterocycles. The molecule has 0 saturated carbocycles. The van der Waals surface area contributed by atoms with Crippen molar-refractivity contribution in [2.75, 3.05) is 13.1 Å². The summed E-state index contributed by atoms with van der Waals surface area (Å²) < 4.78 is 4.94. The summed E-state index contributed by atoms with van der Waals surface area (Å²) in [4.78, 5) is 4.17. The Kier molecular flexibility index (Phi) is 2.79. The average molecular weight is 197 g/mol. The monoisotopic (exact) mass is 197 g/mol. The standard InChI is InChI=1S/C9H15N3O2/c1-6(13)9-11-8(12-14-9)7-3-2-4-10-5-7/h6-7,10,13H,2-5H2,1H3. The molecule has 14 heavy (non-hydrogen) atoms. The summed E-state index contributed by atoms with van der Waals surface area (Å²) in [6, 6.07) is 0. The molecular weight excluding hydrogens is 182 g/mol. The van der Waals surface area contributed by atoms with Gasteiger partial charge in [-0.15, -0.1) is 0 Å². The van der Waals surface area contributed by atoms with E-state index in [1.54, 1.807) is 6.92 Å². The first-order valence-corrected chi connectivity index (χ1v) is 4.99. The highest BCUT2D eigenvalue weighted by Gasteiger charge is 2.21. The first-order chi connectivity index (χ1) is 6.77. The van der Waals surface area contributed by atoms with Gasteiger partial charge in [-0.2, -0.15) is 4.98 Å². The van der Waals surface area contributed by atoms with Gasteiger partial charge in [0, 0.05) is 12.5 Å². The van der Waals surface area contributed by atoms with Crippen LogP contribution < -0.4 is 5.32 Å².